The van der Waals surface area contributed by atoms with Gasteiger partial charge in [0.15, 0.2) is 5.84 Å². The van der Waals surface area contributed by atoms with E-state index in [1.54, 1.807) is 0 Å². The van der Waals surface area contributed by atoms with Crippen molar-refractivity contribution in [2.45, 2.75) is 105 Å². The molecule has 1 unspecified atom stereocenters. The lowest BCUT2D eigenvalue weighted by Gasteiger charge is -2.48. The van der Waals surface area contributed by atoms with Gasteiger partial charge in [-0.2, -0.15) is 0 Å². The summed E-state index contributed by atoms with van der Waals surface area (Å²) in [6.07, 6.45) is 7.02. The third-order valence-electron chi connectivity index (χ3n) is 8.73. The Balaban J connectivity index is 1.67. The number of amidine groups is 1. The molecule has 1 spiro atoms. The van der Waals surface area contributed by atoms with Crippen molar-refractivity contribution < 1.29 is 4.79 Å². The minimum atomic E-state index is -0.363. The molecule has 4 nitrogen and oxygen atoms in total. The fraction of sp³-hybridized carbons (Fsp3) is 0.588. The average Bonchev–Trinajstić information content (AvgIpc) is 3.11. The van der Waals surface area contributed by atoms with Gasteiger partial charge in [0.05, 0.1) is 6.04 Å². The van der Waals surface area contributed by atoms with Crippen LogP contribution >= 0.6 is 0 Å². The van der Waals surface area contributed by atoms with Crippen LogP contribution in [0.3, 0.4) is 0 Å². The smallest absolute Gasteiger partial charge is 0.291 e. The molecule has 4 rings (SSSR count). The van der Waals surface area contributed by atoms with Gasteiger partial charge in [0, 0.05) is 6.54 Å². The summed E-state index contributed by atoms with van der Waals surface area (Å²) in [6, 6.07) is 19.3. The number of amides is 1. The fourth-order valence-corrected chi connectivity index (χ4v) is 6.26. The van der Waals surface area contributed by atoms with Crippen LogP contribution in [0.4, 0.5) is 0 Å². The lowest BCUT2D eigenvalue weighted by atomic mass is 9.69. The van der Waals surface area contributed by atoms with Crippen molar-refractivity contribution >= 4 is 11.7 Å². The molecule has 206 valence electrons. The number of carbonyl (C=O) groups excluding carboxylic acids is 1. The first-order chi connectivity index (χ1) is 17.9. The molecule has 0 aromatic heterocycles. The van der Waals surface area contributed by atoms with Gasteiger partial charge in [-0.15, -0.1) is 0 Å². The van der Waals surface area contributed by atoms with Crippen molar-refractivity contribution in [3.63, 3.8) is 0 Å². The summed E-state index contributed by atoms with van der Waals surface area (Å²) in [6.45, 7) is 16.7. The van der Waals surface area contributed by atoms with Crippen LogP contribution in [-0.4, -0.2) is 28.9 Å². The summed E-state index contributed by atoms with van der Waals surface area (Å²) in [5.41, 5.74) is 3.85. The number of aryl methyl sites for hydroxylation is 1. The minimum absolute atomic E-state index is 0.0304. The highest BCUT2D eigenvalue weighted by Crippen LogP contribution is 2.47. The van der Waals surface area contributed by atoms with Crippen molar-refractivity contribution in [1.82, 2.24) is 10.2 Å². The summed E-state index contributed by atoms with van der Waals surface area (Å²) >= 11 is 0. The van der Waals surface area contributed by atoms with Gasteiger partial charge in [0.25, 0.3) is 5.91 Å². The number of hydrogen-bond donors (Lipinski definition) is 1. The van der Waals surface area contributed by atoms with Crippen molar-refractivity contribution in [2.24, 2.45) is 21.7 Å². The monoisotopic (exact) mass is 515 g/mol. The van der Waals surface area contributed by atoms with Crippen LogP contribution in [-0.2, 0) is 11.2 Å². The zero-order valence-corrected chi connectivity index (χ0v) is 24.8. The molecule has 1 heterocycles. The van der Waals surface area contributed by atoms with Gasteiger partial charge in [-0.05, 0) is 79.7 Å². The average molecular weight is 516 g/mol. The topological polar surface area (TPSA) is 44.7 Å². The Bertz CT molecular complexity index is 1100. The van der Waals surface area contributed by atoms with E-state index in [0.29, 0.717) is 18.3 Å². The van der Waals surface area contributed by atoms with E-state index in [1.165, 1.54) is 16.7 Å². The van der Waals surface area contributed by atoms with Crippen LogP contribution in [0.1, 0.15) is 103 Å². The SMILES string of the molecule is Cc1ccc(C(CCC(C)(C)C)N2C(=O)C(=NCCc3ccccc3)NC23CCC(C(C)(C)C)CC3)cc1. The molecule has 2 aliphatic rings. The number of carbonyl (C=O) groups is 1. The van der Waals surface area contributed by atoms with Gasteiger partial charge >= 0.3 is 0 Å². The molecule has 1 saturated heterocycles. The van der Waals surface area contributed by atoms with Gasteiger partial charge < -0.3 is 10.2 Å². The van der Waals surface area contributed by atoms with Crippen LogP contribution in [0.2, 0.25) is 0 Å². The number of hydrogen-bond acceptors (Lipinski definition) is 2. The van der Waals surface area contributed by atoms with Crippen LogP contribution in [0.25, 0.3) is 0 Å². The molecule has 0 bridgehead atoms. The first-order valence-electron chi connectivity index (χ1n) is 14.6. The van der Waals surface area contributed by atoms with E-state index < -0.39 is 0 Å². The highest BCUT2D eigenvalue weighted by atomic mass is 16.2. The Morgan fingerprint density at radius 1 is 0.974 bits per heavy atom. The van der Waals surface area contributed by atoms with E-state index in [4.69, 9.17) is 4.99 Å². The van der Waals surface area contributed by atoms with Gasteiger partial charge in [0.1, 0.15) is 5.66 Å². The van der Waals surface area contributed by atoms with Gasteiger partial charge in [0.2, 0.25) is 0 Å². The molecule has 1 aliphatic carbocycles. The quantitative estimate of drug-likeness (QED) is 0.408. The third kappa shape index (κ3) is 6.68. The van der Waals surface area contributed by atoms with E-state index in [9.17, 15) is 4.79 Å². The molecule has 4 heteroatoms. The molecule has 0 radical (unpaired) electrons. The summed E-state index contributed by atoms with van der Waals surface area (Å²) in [7, 11) is 0. The molecule has 2 fully saturated rings. The van der Waals surface area contributed by atoms with Gasteiger partial charge in [-0.25, -0.2) is 0 Å². The summed E-state index contributed by atoms with van der Waals surface area (Å²) in [5, 5.41) is 3.75. The van der Waals surface area contributed by atoms with Crippen LogP contribution in [0.5, 0.6) is 0 Å². The van der Waals surface area contributed by atoms with Crippen LogP contribution in [0, 0.1) is 23.7 Å². The highest BCUT2D eigenvalue weighted by Gasteiger charge is 2.53. The van der Waals surface area contributed by atoms with Crippen LogP contribution < -0.4 is 5.32 Å². The molecular weight excluding hydrogens is 466 g/mol. The molecule has 1 saturated carbocycles. The number of nitrogens with zero attached hydrogens (tertiary/aromatic N) is 2. The lowest BCUT2D eigenvalue weighted by Crippen LogP contribution is -2.56. The third-order valence-corrected chi connectivity index (χ3v) is 8.73. The van der Waals surface area contributed by atoms with Crippen molar-refractivity contribution in [3.05, 3.63) is 71.3 Å². The Kier molecular flexibility index (Phi) is 8.40. The van der Waals surface area contributed by atoms with E-state index in [0.717, 1.165) is 44.9 Å². The molecule has 38 heavy (non-hydrogen) atoms. The molecule has 1 atom stereocenters. The minimum Gasteiger partial charge on any atom is -0.343 e. The van der Waals surface area contributed by atoms with Gasteiger partial charge in [-0.1, -0.05) is 102 Å². The maximum atomic E-state index is 14.2. The van der Waals surface area contributed by atoms with E-state index in [1.807, 2.05) is 6.07 Å². The van der Waals surface area contributed by atoms with E-state index in [-0.39, 0.29) is 28.4 Å². The van der Waals surface area contributed by atoms with Crippen molar-refractivity contribution in [3.8, 4) is 0 Å². The van der Waals surface area contributed by atoms with Gasteiger partial charge in [-0.3, -0.25) is 9.79 Å². The summed E-state index contributed by atoms with van der Waals surface area (Å²) in [5.74, 6) is 1.30. The van der Waals surface area contributed by atoms with E-state index in [2.05, 4.69) is 107 Å². The zero-order valence-electron chi connectivity index (χ0n) is 24.8. The molecule has 2 aromatic carbocycles. The Morgan fingerprint density at radius 2 is 1.61 bits per heavy atom. The van der Waals surface area contributed by atoms with Crippen LogP contribution in [0.15, 0.2) is 59.6 Å². The second kappa shape index (κ2) is 11.2. The molecule has 1 N–H and O–H groups in total. The molecule has 1 aliphatic heterocycles. The maximum absolute atomic E-state index is 14.2. The Labute approximate surface area is 231 Å². The Hall–Kier alpha value is -2.62. The number of benzene rings is 2. The zero-order chi connectivity index (χ0) is 27.6. The van der Waals surface area contributed by atoms with Crippen molar-refractivity contribution in [1.29, 1.82) is 0 Å². The summed E-state index contributed by atoms with van der Waals surface area (Å²) in [4.78, 5) is 21.3. The molecule has 2 aromatic rings. The highest BCUT2D eigenvalue weighted by molar-refractivity contribution is 6.40. The lowest BCUT2D eigenvalue weighted by molar-refractivity contribution is -0.133. The second-order valence-corrected chi connectivity index (χ2v) is 14.0. The molecule has 1 amide bonds. The first-order valence-corrected chi connectivity index (χ1v) is 14.6. The number of aliphatic imine (C=N–C) groups is 1. The maximum Gasteiger partial charge on any atom is 0.291 e. The predicted octanol–water partition coefficient (Wildman–Crippen LogP) is 7.87. The van der Waals surface area contributed by atoms with Crippen molar-refractivity contribution in [2.75, 3.05) is 6.54 Å². The predicted molar refractivity (Wildman–Crippen MR) is 159 cm³/mol. The largest absolute Gasteiger partial charge is 0.343 e. The second-order valence-electron chi connectivity index (χ2n) is 14.0. The number of nitrogens with one attached hydrogen (secondary N) is 1. The summed E-state index contributed by atoms with van der Waals surface area (Å²) < 4.78 is 0. The Morgan fingerprint density at radius 3 is 2.18 bits per heavy atom. The molecular formula is C34H49N3O. The normalized spacial score (nSPS) is 24.2. The number of rotatable bonds is 7. The van der Waals surface area contributed by atoms with E-state index >= 15 is 0 Å². The standard InChI is InChI=1S/C34H49N3O/c1-25-13-15-27(16-14-25)29(19-21-32(2,3)4)37-31(38)30(35-24-20-26-11-9-8-10-12-26)36-34(37)22-17-28(18-23-34)33(5,6)7/h8-16,28-29H,17-24H2,1-7H3,(H,35,36). The fourth-order valence-electron chi connectivity index (χ4n) is 6.26. The first kappa shape index (κ1) is 28.4.